The molecule has 0 aliphatic carbocycles. The summed E-state index contributed by atoms with van der Waals surface area (Å²) in [5.74, 6) is -1.83. The Kier molecular flexibility index (Phi) is 8.07. The number of nitrogens with zero attached hydrogens (tertiary/aromatic N) is 6. The van der Waals surface area contributed by atoms with Crippen LogP contribution >= 0.6 is 0 Å². The first-order valence-electron chi connectivity index (χ1n) is 9.22. The number of aromatic nitrogens is 5. The molecule has 4 N–H and O–H groups in total. The highest BCUT2D eigenvalue weighted by Gasteiger charge is 2.38. The number of pyridine rings is 1. The third kappa shape index (κ3) is 6.91. The predicted molar refractivity (Wildman–Crippen MR) is 111 cm³/mol. The first-order chi connectivity index (χ1) is 15.0. The summed E-state index contributed by atoms with van der Waals surface area (Å²) in [5, 5.41) is 14.6. The molecule has 0 spiro atoms. The highest BCUT2D eigenvalue weighted by Crippen LogP contribution is 2.22. The molecular weight excluding hydrogens is 429 g/mol. The van der Waals surface area contributed by atoms with E-state index < -0.39 is 12.1 Å². The minimum atomic E-state index is -5.08. The van der Waals surface area contributed by atoms with Crippen LogP contribution in [0.1, 0.15) is 11.7 Å². The van der Waals surface area contributed by atoms with Crippen LogP contribution < -0.4 is 11.1 Å². The zero-order chi connectivity index (χ0) is 23.9. The second kappa shape index (κ2) is 10.5. The molecule has 3 rings (SSSR count). The molecule has 3 aromatic rings. The van der Waals surface area contributed by atoms with E-state index in [0.29, 0.717) is 18.2 Å². The zero-order valence-corrected chi connectivity index (χ0v) is 17.6. The molecule has 32 heavy (non-hydrogen) atoms. The number of aryl methyl sites for hydroxylation is 1. The Morgan fingerprint density at radius 2 is 1.97 bits per heavy atom. The lowest BCUT2D eigenvalue weighted by molar-refractivity contribution is -0.192. The lowest BCUT2D eigenvalue weighted by Gasteiger charge is -2.24. The highest BCUT2D eigenvalue weighted by atomic mass is 19.4. The van der Waals surface area contributed by atoms with Crippen LogP contribution in [0.5, 0.6) is 0 Å². The molecule has 1 atom stereocenters. The predicted octanol–water partition coefficient (Wildman–Crippen LogP) is 2.20. The van der Waals surface area contributed by atoms with Crippen molar-refractivity contribution in [3.8, 4) is 11.3 Å². The third-order valence-corrected chi connectivity index (χ3v) is 4.16. The molecule has 0 saturated heterocycles. The van der Waals surface area contributed by atoms with Gasteiger partial charge in [-0.2, -0.15) is 18.3 Å². The summed E-state index contributed by atoms with van der Waals surface area (Å²) < 4.78 is 33.5. The number of likely N-dealkylation sites (N-methyl/N-ethyl adjacent to an activating group) is 1. The summed E-state index contributed by atoms with van der Waals surface area (Å²) in [4.78, 5) is 24.3. The molecule has 0 aromatic carbocycles. The number of hydrogen-bond donors (Lipinski definition) is 3. The van der Waals surface area contributed by atoms with Crippen LogP contribution in [-0.2, 0) is 11.8 Å². The van der Waals surface area contributed by atoms with E-state index in [2.05, 4.69) is 30.3 Å². The van der Waals surface area contributed by atoms with E-state index in [1.807, 2.05) is 45.5 Å². The van der Waals surface area contributed by atoms with Gasteiger partial charge in [-0.05, 0) is 26.2 Å². The minimum absolute atomic E-state index is 0.0875. The zero-order valence-electron chi connectivity index (χ0n) is 17.6. The number of anilines is 2. The summed E-state index contributed by atoms with van der Waals surface area (Å²) in [5.41, 5.74) is 8.59. The van der Waals surface area contributed by atoms with Gasteiger partial charge in [-0.15, -0.1) is 0 Å². The second-order valence-corrected chi connectivity index (χ2v) is 6.81. The van der Waals surface area contributed by atoms with E-state index in [-0.39, 0.29) is 6.04 Å². The fraction of sp³-hybridized carbons (Fsp3) is 0.316. The Hall–Kier alpha value is -3.74. The van der Waals surface area contributed by atoms with Crippen LogP contribution in [0, 0.1) is 0 Å². The molecule has 1 unspecified atom stereocenters. The van der Waals surface area contributed by atoms with Gasteiger partial charge in [-0.3, -0.25) is 14.6 Å². The number of aliphatic carboxylic acids is 1. The summed E-state index contributed by atoms with van der Waals surface area (Å²) >= 11 is 0. The van der Waals surface area contributed by atoms with Gasteiger partial charge in [-0.25, -0.2) is 14.8 Å². The Balaban J connectivity index is 0.000000451. The summed E-state index contributed by atoms with van der Waals surface area (Å²) in [6.45, 7) is 0.611. The SMILES string of the molecule is CN(C)C(CNc1nc(-c2cnn(C)c2)cnc1N)c1ccccn1.O=C(O)C(F)(F)F. The molecule has 0 saturated carbocycles. The standard InChI is InChI=1S/C17H22N8.C2HF3O2/c1-24(2)15(13-6-4-5-7-19-13)10-21-17-16(18)20-9-14(23-17)12-8-22-25(3)11-12;3-2(4,5)1(6)7/h4-9,11,15H,10H2,1-3H3,(H2,18,20)(H,21,23);(H,6,7). The number of nitrogens with two attached hydrogens (primary N) is 1. The molecule has 3 heterocycles. The minimum Gasteiger partial charge on any atom is -0.475 e. The lowest BCUT2D eigenvalue weighted by atomic mass is 10.1. The maximum absolute atomic E-state index is 10.6. The first kappa shape index (κ1) is 24.5. The normalized spacial score (nSPS) is 12.1. The number of hydrogen-bond acceptors (Lipinski definition) is 8. The monoisotopic (exact) mass is 452 g/mol. The maximum Gasteiger partial charge on any atom is 0.490 e. The van der Waals surface area contributed by atoms with Gasteiger partial charge in [0.05, 0.1) is 29.8 Å². The van der Waals surface area contributed by atoms with Crippen molar-refractivity contribution in [1.29, 1.82) is 0 Å². The molecule has 3 aromatic heterocycles. The van der Waals surface area contributed by atoms with Gasteiger partial charge in [0.1, 0.15) is 0 Å². The van der Waals surface area contributed by atoms with E-state index in [4.69, 9.17) is 15.6 Å². The average Bonchev–Trinajstić information content (AvgIpc) is 3.16. The average molecular weight is 452 g/mol. The van der Waals surface area contributed by atoms with Crippen molar-refractivity contribution in [2.24, 2.45) is 7.05 Å². The molecular formula is C19H23F3N8O2. The van der Waals surface area contributed by atoms with Crippen LogP contribution in [0.25, 0.3) is 11.3 Å². The van der Waals surface area contributed by atoms with Crippen LogP contribution in [0.15, 0.2) is 43.0 Å². The van der Waals surface area contributed by atoms with Gasteiger partial charge in [0.2, 0.25) is 0 Å². The summed E-state index contributed by atoms with van der Waals surface area (Å²) in [6.07, 6.45) is 2.00. The van der Waals surface area contributed by atoms with Crippen molar-refractivity contribution in [2.45, 2.75) is 12.2 Å². The maximum atomic E-state index is 10.6. The fourth-order valence-corrected chi connectivity index (χ4v) is 2.54. The van der Waals surface area contributed by atoms with Crippen molar-refractivity contribution in [2.75, 3.05) is 31.7 Å². The van der Waals surface area contributed by atoms with Crippen molar-refractivity contribution >= 4 is 17.6 Å². The topological polar surface area (TPSA) is 135 Å². The fourth-order valence-electron chi connectivity index (χ4n) is 2.54. The van der Waals surface area contributed by atoms with Crippen LogP contribution in [0.3, 0.4) is 0 Å². The summed E-state index contributed by atoms with van der Waals surface area (Å²) in [6, 6.07) is 5.98. The van der Waals surface area contributed by atoms with Crippen molar-refractivity contribution < 1.29 is 23.1 Å². The van der Waals surface area contributed by atoms with Crippen molar-refractivity contribution in [3.05, 3.63) is 48.7 Å². The highest BCUT2D eigenvalue weighted by molar-refractivity contribution is 5.73. The lowest BCUT2D eigenvalue weighted by Crippen LogP contribution is -2.28. The Morgan fingerprint density at radius 3 is 2.47 bits per heavy atom. The number of carbonyl (C=O) groups is 1. The smallest absolute Gasteiger partial charge is 0.475 e. The largest absolute Gasteiger partial charge is 0.490 e. The van der Waals surface area contributed by atoms with E-state index in [1.165, 1.54) is 0 Å². The molecule has 0 fully saturated rings. The van der Waals surface area contributed by atoms with E-state index in [1.54, 1.807) is 23.3 Å². The van der Waals surface area contributed by atoms with Gasteiger partial charge in [0.15, 0.2) is 11.6 Å². The number of nitrogens with one attached hydrogen (secondary N) is 1. The summed E-state index contributed by atoms with van der Waals surface area (Å²) in [7, 11) is 5.90. The first-order valence-corrected chi connectivity index (χ1v) is 9.22. The Labute approximate surface area is 181 Å². The molecule has 0 radical (unpaired) electrons. The molecule has 13 heteroatoms. The quantitative estimate of drug-likeness (QED) is 0.514. The van der Waals surface area contributed by atoms with Gasteiger partial charge >= 0.3 is 12.1 Å². The molecule has 10 nitrogen and oxygen atoms in total. The van der Waals surface area contributed by atoms with E-state index in [0.717, 1.165) is 17.0 Å². The van der Waals surface area contributed by atoms with Gasteiger partial charge in [-0.1, -0.05) is 6.07 Å². The molecule has 0 bridgehead atoms. The van der Waals surface area contributed by atoms with Crippen molar-refractivity contribution in [3.63, 3.8) is 0 Å². The van der Waals surface area contributed by atoms with Gasteiger partial charge in [0.25, 0.3) is 0 Å². The number of carboxylic acid groups (broad SMARTS) is 1. The number of alkyl halides is 3. The third-order valence-electron chi connectivity index (χ3n) is 4.16. The van der Waals surface area contributed by atoms with E-state index >= 15 is 0 Å². The van der Waals surface area contributed by atoms with Crippen LogP contribution in [0.2, 0.25) is 0 Å². The van der Waals surface area contributed by atoms with E-state index in [9.17, 15) is 13.2 Å². The second-order valence-electron chi connectivity index (χ2n) is 6.81. The number of rotatable bonds is 6. The van der Waals surface area contributed by atoms with Crippen LogP contribution in [0.4, 0.5) is 24.8 Å². The molecule has 0 aliphatic rings. The van der Waals surface area contributed by atoms with Gasteiger partial charge in [0, 0.05) is 31.5 Å². The molecule has 0 amide bonds. The van der Waals surface area contributed by atoms with Crippen molar-refractivity contribution in [1.82, 2.24) is 29.6 Å². The Morgan fingerprint density at radius 1 is 1.28 bits per heavy atom. The molecule has 0 aliphatic heterocycles. The van der Waals surface area contributed by atoms with Crippen LogP contribution in [-0.4, -0.2) is 67.5 Å². The number of carboxylic acids is 1. The number of halogens is 3. The Bertz CT molecular complexity index is 1020. The molecule has 172 valence electrons. The van der Waals surface area contributed by atoms with Gasteiger partial charge < -0.3 is 16.2 Å². The number of nitrogen functional groups attached to an aromatic ring is 1.